The largest absolute Gasteiger partial charge is 0.487 e. The second-order valence-corrected chi connectivity index (χ2v) is 6.70. The number of nitrogens with zero attached hydrogens (tertiary/aromatic N) is 2. The number of pyridine rings is 1. The zero-order chi connectivity index (χ0) is 20.8. The summed E-state index contributed by atoms with van der Waals surface area (Å²) >= 11 is 0. The Bertz CT molecular complexity index is 1090. The summed E-state index contributed by atoms with van der Waals surface area (Å²) in [6.45, 7) is 2.42. The van der Waals surface area contributed by atoms with E-state index in [9.17, 15) is 5.11 Å². The van der Waals surface area contributed by atoms with E-state index >= 15 is 0 Å². The lowest BCUT2D eigenvalue weighted by Gasteiger charge is -2.10. The summed E-state index contributed by atoms with van der Waals surface area (Å²) in [5.41, 5.74) is 3.18. The topological polar surface area (TPSA) is 77.6 Å². The van der Waals surface area contributed by atoms with Crippen molar-refractivity contribution in [2.75, 3.05) is 0 Å². The molecule has 152 valence electrons. The first-order valence-electron chi connectivity index (χ1n) is 9.64. The van der Waals surface area contributed by atoms with Crippen LogP contribution in [0.15, 0.2) is 77.3 Å². The molecule has 0 atom stereocenters. The fourth-order valence-corrected chi connectivity index (χ4v) is 2.95. The van der Waals surface area contributed by atoms with Gasteiger partial charge < -0.3 is 19.0 Å². The maximum atomic E-state index is 9.37. The van der Waals surface area contributed by atoms with Crippen molar-refractivity contribution in [2.24, 2.45) is 0 Å². The summed E-state index contributed by atoms with van der Waals surface area (Å²) in [5.74, 6) is 2.73. The summed E-state index contributed by atoms with van der Waals surface area (Å²) < 4.78 is 17.4. The minimum Gasteiger partial charge on any atom is -0.487 e. The molecule has 0 saturated carbocycles. The SMILES string of the molecule is Cc1oc(-c2ccccc2)nc1COc1ccc(OCc2ncccc2CO)cc1. The fourth-order valence-electron chi connectivity index (χ4n) is 2.95. The molecule has 2 aromatic carbocycles. The highest BCUT2D eigenvalue weighted by Crippen LogP contribution is 2.24. The molecule has 0 spiro atoms. The fraction of sp³-hybridized carbons (Fsp3) is 0.167. The van der Waals surface area contributed by atoms with Gasteiger partial charge in [-0.2, -0.15) is 0 Å². The molecule has 1 N–H and O–H groups in total. The van der Waals surface area contributed by atoms with Crippen molar-refractivity contribution in [3.63, 3.8) is 0 Å². The van der Waals surface area contributed by atoms with Crippen LogP contribution >= 0.6 is 0 Å². The smallest absolute Gasteiger partial charge is 0.226 e. The third-order valence-electron chi connectivity index (χ3n) is 4.64. The van der Waals surface area contributed by atoms with Crippen molar-refractivity contribution >= 4 is 0 Å². The van der Waals surface area contributed by atoms with Crippen LogP contribution in [0.3, 0.4) is 0 Å². The Morgan fingerprint density at radius 1 is 0.833 bits per heavy atom. The van der Waals surface area contributed by atoms with Gasteiger partial charge in [-0.05, 0) is 49.4 Å². The van der Waals surface area contributed by atoms with E-state index in [4.69, 9.17) is 13.9 Å². The number of oxazole rings is 1. The van der Waals surface area contributed by atoms with Crippen LogP contribution in [0.5, 0.6) is 11.5 Å². The van der Waals surface area contributed by atoms with Gasteiger partial charge in [0.2, 0.25) is 5.89 Å². The quantitative estimate of drug-likeness (QED) is 0.460. The number of benzene rings is 2. The van der Waals surface area contributed by atoms with Crippen LogP contribution in [0.25, 0.3) is 11.5 Å². The first-order chi connectivity index (χ1) is 14.7. The standard InChI is InChI=1S/C24H22N2O4/c1-17-22(26-24(30-17)18-6-3-2-4-7-18)15-28-20-9-11-21(12-10-20)29-16-23-19(14-27)8-5-13-25-23/h2-13,27H,14-16H2,1H3. The van der Waals surface area contributed by atoms with E-state index in [1.54, 1.807) is 12.3 Å². The lowest BCUT2D eigenvalue weighted by Crippen LogP contribution is -2.03. The molecule has 0 saturated heterocycles. The summed E-state index contributed by atoms with van der Waals surface area (Å²) in [4.78, 5) is 8.80. The Kier molecular flexibility index (Phi) is 6.06. The molecule has 0 aliphatic heterocycles. The number of aliphatic hydroxyl groups is 1. The van der Waals surface area contributed by atoms with Crippen molar-refractivity contribution < 1.29 is 19.0 Å². The molecule has 4 rings (SSSR count). The number of ether oxygens (including phenoxy) is 2. The van der Waals surface area contributed by atoms with Gasteiger partial charge in [0, 0.05) is 17.3 Å². The molecule has 2 heterocycles. The molecular weight excluding hydrogens is 380 g/mol. The second-order valence-electron chi connectivity index (χ2n) is 6.70. The van der Waals surface area contributed by atoms with Crippen LogP contribution in [0.4, 0.5) is 0 Å². The summed E-state index contributed by atoms with van der Waals surface area (Å²) in [6.07, 6.45) is 1.68. The van der Waals surface area contributed by atoms with E-state index < -0.39 is 0 Å². The zero-order valence-corrected chi connectivity index (χ0v) is 16.6. The van der Waals surface area contributed by atoms with Crippen molar-refractivity contribution in [3.05, 3.63) is 95.6 Å². The Morgan fingerprint density at radius 3 is 2.17 bits per heavy atom. The number of aliphatic hydroxyl groups excluding tert-OH is 1. The summed E-state index contributed by atoms with van der Waals surface area (Å²) in [5, 5.41) is 9.37. The monoisotopic (exact) mass is 402 g/mol. The highest BCUT2D eigenvalue weighted by molar-refractivity contribution is 5.53. The van der Waals surface area contributed by atoms with Gasteiger partial charge in [-0.25, -0.2) is 4.98 Å². The number of hydrogen-bond acceptors (Lipinski definition) is 6. The highest BCUT2D eigenvalue weighted by Gasteiger charge is 2.12. The van der Waals surface area contributed by atoms with Gasteiger partial charge in [0.15, 0.2) is 0 Å². The molecule has 0 aliphatic carbocycles. The molecule has 0 fully saturated rings. The zero-order valence-electron chi connectivity index (χ0n) is 16.6. The number of aryl methyl sites for hydroxylation is 1. The van der Waals surface area contributed by atoms with Gasteiger partial charge in [0.1, 0.15) is 36.2 Å². The highest BCUT2D eigenvalue weighted by atomic mass is 16.5. The second kappa shape index (κ2) is 9.24. The molecule has 4 aromatic rings. The molecule has 0 aliphatic rings. The predicted molar refractivity (Wildman–Crippen MR) is 112 cm³/mol. The Morgan fingerprint density at radius 2 is 1.50 bits per heavy atom. The Labute approximate surface area is 174 Å². The van der Waals surface area contributed by atoms with Crippen molar-refractivity contribution in [1.82, 2.24) is 9.97 Å². The van der Waals surface area contributed by atoms with Crippen LogP contribution in [0, 0.1) is 6.92 Å². The normalized spacial score (nSPS) is 10.7. The molecule has 6 heteroatoms. The lowest BCUT2D eigenvalue weighted by molar-refractivity contribution is 0.266. The van der Waals surface area contributed by atoms with E-state index in [2.05, 4.69) is 9.97 Å². The first kappa shape index (κ1) is 19.7. The number of hydrogen-bond donors (Lipinski definition) is 1. The van der Waals surface area contributed by atoms with Gasteiger partial charge in [-0.15, -0.1) is 0 Å². The van der Waals surface area contributed by atoms with Crippen molar-refractivity contribution in [1.29, 1.82) is 0 Å². The van der Waals surface area contributed by atoms with E-state index in [0.717, 1.165) is 28.3 Å². The lowest BCUT2D eigenvalue weighted by atomic mass is 10.2. The van der Waals surface area contributed by atoms with Crippen LogP contribution in [0.1, 0.15) is 22.7 Å². The molecule has 2 aromatic heterocycles. The van der Waals surface area contributed by atoms with Crippen LogP contribution in [-0.4, -0.2) is 15.1 Å². The minimum absolute atomic E-state index is 0.0627. The van der Waals surface area contributed by atoms with E-state index in [0.29, 0.717) is 24.0 Å². The van der Waals surface area contributed by atoms with E-state index in [1.165, 1.54) is 0 Å². The van der Waals surface area contributed by atoms with Gasteiger partial charge in [0.25, 0.3) is 0 Å². The number of rotatable bonds is 8. The molecule has 0 radical (unpaired) electrons. The molecule has 0 unspecified atom stereocenters. The molecule has 0 bridgehead atoms. The maximum Gasteiger partial charge on any atom is 0.226 e. The van der Waals surface area contributed by atoms with Crippen molar-refractivity contribution in [3.8, 4) is 23.0 Å². The molecular formula is C24H22N2O4. The van der Waals surface area contributed by atoms with Gasteiger partial charge >= 0.3 is 0 Å². The summed E-state index contributed by atoms with van der Waals surface area (Å²) in [7, 11) is 0. The third kappa shape index (κ3) is 4.67. The molecule has 6 nitrogen and oxygen atoms in total. The maximum absolute atomic E-state index is 9.37. The van der Waals surface area contributed by atoms with Crippen LogP contribution < -0.4 is 9.47 Å². The number of aromatic nitrogens is 2. The van der Waals surface area contributed by atoms with Gasteiger partial charge in [0.05, 0.1) is 12.3 Å². The average molecular weight is 402 g/mol. The summed E-state index contributed by atoms with van der Waals surface area (Å²) in [6, 6.07) is 20.8. The Balaban J connectivity index is 1.35. The minimum atomic E-state index is -0.0627. The third-order valence-corrected chi connectivity index (χ3v) is 4.64. The average Bonchev–Trinajstić information content (AvgIpc) is 3.18. The van der Waals surface area contributed by atoms with Crippen LogP contribution in [0.2, 0.25) is 0 Å². The van der Waals surface area contributed by atoms with Gasteiger partial charge in [-0.3, -0.25) is 4.98 Å². The molecule has 0 amide bonds. The Hall–Kier alpha value is -3.64. The van der Waals surface area contributed by atoms with E-state index in [1.807, 2.05) is 67.6 Å². The van der Waals surface area contributed by atoms with Crippen molar-refractivity contribution in [2.45, 2.75) is 26.7 Å². The molecule has 30 heavy (non-hydrogen) atoms. The first-order valence-corrected chi connectivity index (χ1v) is 9.64. The predicted octanol–water partition coefficient (Wildman–Crippen LogP) is 4.70. The van der Waals surface area contributed by atoms with Crippen LogP contribution in [-0.2, 0) is 19.8 Å². The van der Waals surface area contributed by atoms with Gasteiger partial charge in [-0.1, -0.05) is 24.3 Å². The van der Waals surface area contributed by atoms with E-state index in [-0.39, 0.29) is 13.2 Å².